The SMILES string of the molecule is COC(=O)c1ccccc1CS(=O)(=O)N1CCNCC1c1cccc(F)c1.Cl. The maximum atomic E-state index is 13.6. The van der Waals surface area contributed by atoms with Crippen molar-refractivity contribution in [2.24, 2.45) is 0 Å². The first-order valence-corrected chi connectivity index (χ1v) is 10.1. The number of hydrogen-bond acceptors (Lipinski definition) is 5. The van der Waals surface area contributed by atoms with E-state index < -0.39 is 27.9 Å². The highest BCUT2D eigenvalue weighted by Crippen LogP contribution is 2.28. The van der Waals surface area contributed by atoms with Crippen LogP contribution in [0.15, 0.2) is 48.5 Å². The highest BCUT2D eigenvalue weighted by Gasteiger charge is 2.34. The molecule has 0 radical (unpaired) electrons. The fourth-order valence-electron chi connectivity index (χ4n) is 3.25. The number of esters is 1. The van der Waals surface area contributed by atoms with Crippen molar-refractivity contribution in [3.8, 4) is 0 Å². The lowest BCUT2D eigenvalue weighted by Gasteiger charge is -2.35. The molecule has 2 aromatic rings. The van der Waals surface area contributed by atoms with Crippen LogP contribution in [0.1, 0.15) is 27.5 Å². The Bertz CT molecular complexity index is 939. The number of halogens is 2. The predicted molar refractivity (Wildman–Crippen MR) is 106 cm³/mol. The number of carbonyl (C=O) groups is 1. The number of ether oxygens (including phenoxy) is 1. The van der Waals surface area contributed by atoms with E-state index in [4.69, 9.17) is 4.74 Å². The smallest absolute Gasteiger partial charge is 0.338 e. The summed E-state index contributed by atoms with van der Waals surface area (Å²) < 4.78 is 46.0. The predicted octanol–water partition coefficient (Wildman–Crippen LogP) is 2.51. The Kier molecular flexibility index (Phi) is 7.54. The Labute approximate surface area is 170 Å². The number of benzene rings is 2. The molecular formula is C19H22ClFN2O4S. The molecule has 1 heterocycles. The van der Waals surface area contributed by atoms with E-state index in [0.29, 0.717) is 24.2 Å². The van der Waals surface area contributed by atoms with Gasteiger partial charge in [-0.15, -0.1) is 12.4 Å². The van der Waals surface area contributed by atoms with Gasteiger partial charge in [-0.1, -0.05) is 30.3 Å². The zero-order valence-corrected chi connectivity index (χ0v) is 16.9. The van der Waals surface area contributed by atoms with Gasteiger partial charge < -0.3 is 10.1 Å². The monoisotopic (exact) mass is 428 g/mol. The summed E-state index contributed by atoms with van der Waals surface area (Å²) in [6.45, 7) is 1.16. The highest BCUT2D eigenvalue weighted by molar-refractivity contribution is 7.88. The minimum Gasteiger partial charge on any atom is -0.465 e. The number of methoxy groups -OCH3 is 1. The molecule has 28 heavy (non-hydrogen) atoms. The van der Waals surface area contributed by atoms with Crippen LogP contribution in [0.3, 0.4) is 0 Å². The first-order valence-electron chi connectivity index (χ1n) is 8.54. The fourth-order valence-corrected chi connectivity index (χ4v) is 5.02. The van der Waals surface area contributed by atoms with Crippen LogP contribution in [0.4, 0.5) is 4.39 Å². The molecule has 1 N–H and O–H groups in total. The summed E-state index contributed by atoms with van der Waals surface area (Å²) in [6, 6.07) is 11.9. The number of carbonyl (C=O) groups excluding carboxylic acids is 1. The largest absolute Gasteiger partial charge is 0.465 e. The van der Waals surface area contributed by atoms with Crippen LogP contribution in [0.2, 0.25) is 0 Å². The van der Waals surface area contributed by atoms with E-state index in [1.165, 1.54) is 23.5 Å². The Morgan fingerprint density at radius 2 is 2.00 bits per heavy atom. The van der Waals surface area contributed by atoms with Gasteiger partial charge in [0.15, 0.2) is 0 Å². The summed E-state index contributed by atoms with van der Waals surface area (Å²) in [7, 11) is -2.49. The van der Waals surface area contributed by atoms with Crippen LogP contribution >= 0.6 is 12.4 Å². The van der Waals surface area contributed by atoms with Crippen molar-refractivity contribution in [1.82, 2.24) is 9.62 Å². The van der Waals surface area contributed by atoms with Crippen molar-refractivity contribution in [1.29, 1.82) is 0 Å². The van der Waals surface area contributed by atoms with E-state index in [2.05, 4.69) is 5.32 Å². The molecule has 1 aliphatic rings. The lowest BCUT2D eigenvalue weighted by atomic mass is 10.1. The molecule has 1 atom stereocenters. The summed E-state index contributed by atoms with van der Waals surface area (Å²) in [6.07, 6.45) is 0. The van der Waals surface area contributed by atoms with E-state index >= 15 is 0 Å². The van der Waals surface area contributed by atoms with Crippen LogP contribution in [0, 0.1) is 5.82 Å². The number of nitrogens with zero attached hydrogens (tertiary/aromatic N) is 1. The molecule has 0 bridgehead atoms. The molecule has 9 heteroatoms. The van der Waals surface area contributed by atoms with Crippen molar-refractivity contribution < 1.29 is 22.3 Å². The summed E-state index contributed by atoms with van der Waals surface area (Å²) in [5.74, 6) is -1.32. The van der Waals surface area contributed by atoms with Crippen molar-refractivity contribution in [3.05, 3.63) is 71.0 Å². The maximum Gasteiger partial charge on any atom is 0.338 e. The molecule has 3 rings (SSSR count). The zero-order chi connectivity index (χ0) is 19.4. The third-order valence-electron chi connectivity index (χ3n) is 4.55. The normalized spacial score (nSPS) is 17.6. The second-order valence-electron chi connectivity index (χ2n) is 6.29. The van der Waals surface area contributed by atoms with Gasteiger partial charge in [-0.2, -0.15) is 4.31 Å². The minimum atomic E-state index is -3.75. The Morgan fingerprint density at radius 1 is 1.25 bits per heavy atom. The van der Waals surface area contributed by atoms with Gasteiger partial charge in [-0.3, -0.25) is 0 Å². The van der Waals surface area contributed by atoms with Gasteiger partial charge in [0.2, 0.25) is 10.0 Å². The maximum absolute atomic E-state index is 13.6. The molecule has 0 aliphatic carbocycles. The molecule has 0 saturated carbocycles. The van der Waals surface area contributed by atoms with Crippen LogP contribution < -0.4 is 5.32 Å². The van der Waals surface area contributed by atoms with Crippen molar-refractivity contribution in [3.63, 3.8) is 0 Å². The molecule has 1 saturated heterocycles. The number of rotatable bonds is 5. The van der Waals surface area contributed by atoms with Gasteiger partial charge in [0, 0.05) is 19.6 Å². The Hall–Kier alpha value is -2.00. The highest BCUT2D eigenvalue weighted by atomic mass is 35.5. The molecule has 0 aromatic heterocycles. The van der Waals surface area contributed by atoms with E-state index in [1.807, 2.05) is 0 Å². The van der Waals surface area contributed by atoms with Crippen molar-refractivity contribution in [2.75, 3.05) is 26.7 Å². The minimum absolute atomic E-state index is 0. The van der Waals surface area contributed by atoms with Crippen LogP contribution in [-0.4, -0.2) is 45.4 Å². The summed E-state index contributed by atoms with van der Waals surface area (Å²) in [5, 5.41) is 3.15. The summed E-state index contributed by atoms with van der Waals surface area (Å²) in [4.78, 5) is 11.9. The molecule has 2 aromatic carbocycles. The topological polar surface area (TPSA) is 75.7 Å². The summed E-state index contributed by atoms with van der Waals surface area (Å²) in [5.41, 5.74) is 1.19. The second-order valence-corrected chi connectivity index (χ2v) is 8.21. The van der Waals surface area contributed by atoms with Gasteiger partial charge in [0.1, 0.15) is 5.82 Å². The Morgan fingerprint density at radius 3 is 2.71 bits per heavy atom. The lowest BCUT2D eigenvalue weighted by Crippen LogP contribution is -2.49. The fraction of sp³-hybridized carbons (Fsp3) is 0.316. The average molecular weight is 429 g/mol. The zero-order valence-electron chi connectivity index (χ0n) is 15.3. The van der Waals surface area contributed by atoms with Crippen molar-refractivity contribution in [2.45, 2.75) is 11.8 Å². The lowest BCUT2D eigenvalue weighted by molar-refractivity contribution is 0.0600. The Balaban J connectivity index is 0.00000280. The standard InChI is InChI=1S/C19H21FN2O4S.ClH/c1-26-19(23)17-8-3-2-5-15(17)13-27(24,25)22-10-9-21-12-18(22)14-6-4-7-16(20)11-14;/h2-8,11,18,21H,9-10,12-13H2,1H3;1H. The van der Waals surface area contributed by atoms with Crippen LogP contribution in [0.5, 0.6) is 0 Å². The first kappa shape index (κ1) is 22.3. The third-order valence-corrected chi connectivity index (χ3v) is 6.37. The number of piperazine rings is 1. The number of nitrogens with one attached hydrogen (secondary N) is 1. The quantitative estimate of drug-likeness (QED) is 0.740. The van der Waals surface area contributed by atoms with Gasteiger partial charge in [-0.05, 0) is 29.3 Å². The number of sulfonamides is 1. The second kappa shape index (κ2) is 9.47. The molecule has 0 spiro atoms. The van der Waals surface area contributed by atoms with E-state index in [9.17, 15) is 17.6 Å². The number of hydrogen-bond donors (Lipinski definition) is 1. The molecule has 6 nitrogen and oxygen atoms in total. The molecule has 1 fully saturated rings. The molecule has 1 unspecified atom stereocenters. The van der Waals surface area contributed by atoms with Gasteiger partial charge >= 0.3 is 5.97 Å². The molecular weight excluding hydrogens is 407 g/mol. The van der Waals surface area contributed by atoms with Crippen LogP contribution in [-0.2, 0) is 20.5 Å². The first-order chi connectivity index (χ1) is 12.9. The average Bonchev–Trinajstić information content (AvgIpc) is 2.67. The third kappa shape index (κ3) is 4.88. The molecule has 152 valence electrons. The van der Waals surface area contributed by atoms with E-state index in [1.54, 1.807) is 36.4 Å². The molecule has 1 aliphatic heterocycles. The van der Waals surface area contributed by atoms with Crippen molar-refractivity contribution >= 4 is 28.4 Å². The van der Waals surface area contributed by atoms with E-state index in [-0.39, 0.29) is 30.3 Å². The van der Waals surface area contributed by atoms with Gasteiger partial charge in [0.25, 0.3) is 0 Å². The molecule has 0 amide bonds. The van der Waals surface area contributed by atoms with Gasteiger partial charge in [-0.25, -0.2) is 17.6 Å². The van der Waals surface area contributed by atoms with E-state index in [0.717, 1.165) is 0 Å². The van der Waals surface area contributed by atoms with Gasteiger partial charge in [0.05, 0.1) is 24.5 Å². The summed E-state index contributed by atoms with van der Waals surface area (Å²) >= 11 is 0. The van der Waals surface area contributed by atoms with Crippen LogP contribution in [0.25, 0.3) is 0 Å².